The lowest BCUT2D eigenvalue weighted by Crippen LogP contribution is -2.39. The number of carbonyl (C=O) groups excluding carboxylic acids is 1. The van der Waals surface area contributed by atoms with E-state index in [1.54, 1.807) is 20.1 Å². The molecule has 0 unspecified atom stereocenters. The fraction of sp³-hybridized carbons (Fsp3) is 0.536. The lowest BCUT2D eigenvalue weighted by molar-refractivity contribution is -0.143. The quantitative estimate of drug-likeness (QED) is 0.369. The highest BCUT2D eigenvalue weighted by molar-refractivity contribution is 6.30. The summed E-state index contributed by atoms with van der Waals surface area (Å²) in [5.74, 6) is 0.0477. The highest BCUT2D eigenvalue weighted by Crippen LogP contribution is 2.30. The molecule has 2 aromatic rings. The maximum atomic E-state index is 13.8. The number of hydrogen-bond acceptors (Lipinski definition) is 6. The van der Waals surface area contributed by atoms with Crippen molar-refractivity contribution < 1.29 is 28.5 Å². The van der Waals surface area contributed by atoms with E-state index in [9.17, 15) is 14.3 Å². The zero-order chi connectivity index (χ0) is 26.1. The minimum Gasteiger partial charge on any atom is -0.496 e. The number of nitrogens with zero attached hydrogens (tertiary/aromatic N) is 1. The van der Waals surface area contributed by atoms with Gasteiger partial charge in [0.2, 0.25) is 0 Å². The number of hydrogen-bond donors (Lipinski definition) is 1. The summed E-state index contributed by atoms with van der Waals surface area (Å²) in [5, 5.41) is 10.9. The van der Waals surface area contributed by atoms with Crippen molar-refractivity contribution in [2.45, 2.75) is 64.2 Å². The molecular weight excluding hydrogens is 485 g/mol. The zero-order valence-electron chi connectivity index (χ0n) is 21.3. The third-order valence-electron chi connectivity index (χ3n) is 6.65. The first kappa shape index (κ1) is 28.4. The molecule has 1 fully saturated rings. The summed E-state index contributed by atoms with van der Waals surface area (Å²) in [6.45, 7) is 5.62. The molecule has 2 aromatic carbocycles. The molecule has 1 aliphatic heterocycles. The number of aliphatic hydroxyl groups excluding tert-OH is 1. The first-order valence-electron chi connectivity index (χ1n) is 12.6. The molecule has 3 rings (SSSR count). The first-order chi connectivity index (χ1) is 17.3. The number of ether oxygens (including phenoxy) is 3. The van der Waals surface area contributed by atoms with Crippen LogP contribution in [0.3, 0.4) is 0 Å². The van der Waals surface area contributed by atoms with Crippen molar-refractivity contribution in [2.24, 2.45) is 0 Å². The van der Waals surface area contributed by atoms with E-state index in [1.165, 1.54) is 6.07 Å². The highest BCUT2D eigenvalue weighted by Gasteiger charge is 2.27. The molecule has 198 valence electrons. The van der Waals surface area contributed by atoms with Gasteiger partial charge in [-0.25, -0.2) is 4.39 Å². The molecule has 8 heteroatoms. The molecule has 0 spiro atoms. The van der Waals surface area contributed by atoms with E-state index >= 15 is 0 Å². The molecule has 1 saturated heterocycles. The smallest absolute Gasteiger partial charge is 0.306 e. The van der Waals surface area contributed by atoms with Gasteiger partial charge in [0.25, 0.3) is 0 Å². The molecule has 36 heavy (non-hydrogen) atoms. The molecular formula is C28H37ClFNO5. The Kier molecular flexibility index (Phi) is 11.0. The van der Waals surface area contributed by atoms with Crippen LogP contribution >= 0.6 is 11.6 Å². The first-order valence-corrected chi connectivity index (χ1v) is 13.0. The van der Waals surface area contributed by atoms with Crippen LogP contribution in [0.2, 0.25) is 5.02 Å². The highest BCUT2D eigenvalue weighted by atomic mass is 35.5. The van der Waals surface area contributed by atoms with Gasteiger partial charge in [-0.3, -0.25) is 9.69 Å². The molecule has 1 N–H and O–H groups in total. The summed E-state index contributed by atoms with van der Waals surface area (Å²) in [7, 11) is 1.60. The molecule has 0 radical (unpaired) electrons. The third kappa shape index (κ3) is 7.90. The molecule has 1 aliphatic rings. The number of β-amino-alcohol motifs (C(OH)–C–C–N with tert-alkyl or cyclic N) is 1. The van der Waals surface area contributed by atoms with Crippen LogP contribution in [0.1, 0.15) is 55.9 Å². The van der Waals surface area contributed by atoms with Gasteiger partial charge in [-0.05, 0) is 75.4 Å². The zero-order valence-corrected chi connectivity index (χ0v) is 22.1. The molecule has 3 atom stereocenters. The van der Waals surface area contributed by atoms with Crippen LogP contribution in [-0.2, 0) is 27.1 Å². The normalized spacial score (nSPS) is 17.7. The Morgan fingerprint density at radius 1 is 1.31 bits per heavy atom. The van der Waals surface area contributed by atoms with Crippen LogP contribution < -0.4 is 4.74 Å². The van der Waals surface area contributed by atoms with Crippen molar-refractivity contribution >= 4 is 17.6 Å². The van der Waals surface area contributed by atoms with E-state index < -0.39 is 11.9 Å². The monoisotopic (exact) mass is 521 g/mol. The second kappa shape index (κ2) is 13.9. The average Bonchev–Trinajstić information content (AvgIpc) is 3.29. The lowest BCUT2D eigenvalue weighted by Gasteiger charge is -2.28. The third-order valence-corrected chi connectivity index (χ3v) is 6.96. The van der Waals surface area contributed by atoms with Crippen LogP contribution in [0, 0.1) is 5.82 Å². The predicted octanol–water partition coefficient (Wildman–Crippen LogP) is 5.13. The van der Waals surface area contributed by atoms with Gasteiger partial charge in [-0.2, -0.15) is 0 Å². The van der Waals surface area contributed by atoms with Crippen LogP contribution in [0.5, 0.6) is 5.75 Å². The van der Waals surface area contributed by atoms with Gasteiger partial charge in [-0.15, -0.1) is 0 Å². The van der Waals surface area contributed by atoms with Crippen LogP contribution in [0.4, 0.5) is 4.39 Å². The van der Waals surface area contributed by atoms with Crippen molar-refractivity contribution in [1.82, 2.24) is 4.90 Å². The number of benzene rings is 2. The van der Waals surface area contributed by atoms with Crippen LogP contribution in [-0.4, -0.2) is 61.5 Å². The number of likely N-dealkylation sites (tertiary alicyclic amines) is 1. The summed E-state index contributed by atoms with van der Waals surface area (Å²) in [6, 6.07) is 10.9. The van der Waals surface area contributed by atoms with Crippen molar-refractivity contribution in [3.8, 4) is 5.75 Å². The van der Waals surface area contributed by atoms with E-state index in [4.69, 9.17) is 25.8 Å². The Balaban J connectivity index is 1.56. The minimum atomic E-state index is -0.663. The summed E-state index contributed by atoms with van der Waals surface area (Å²) < 4.78 is 30.5. The van der Waals surface area contributed by atoms with E-state index in [-0.39, 0.29) is 36.2 Å². The molecule has 0 aromatic heterocycles. The van der Waals surface area contributed by atoms with Gasteiger partial charge in [0, 0.05) is 24.6 Å². The van der Waals surface area contributed by atoms with Gasteiger partial charge >= 0.3 is 5.97 Å². The second-order valence-corrected chi connectivity index (χ2v) is 9.61. The van der Waals surface area contributed by atoms with Gasteiger partial charge in [0.05, 0.1) is 37.6 Å². The van der Waals surface area contributed by atoms with Crippen LogP contribution in [0.15, 0.2) is 36.4 Å². The maximum Gasteiger partial charge on any atom is 0.306 e. The van der Waals surface area contributed by atoms with E-state index in [1.807, 2.05) is 31.2 Å². The van der Waals surface area contributed by atoms with Gasteiger partial charge < -0.3 is 19.3 Å². The lowest BCUT2D eigenvalue weighted by atomic mass is 9.98. The molecule has 0 amide bonds. The summed E-state index contributed by atoms with van der Waals surface area (Å²) in [4.78, 5) is 14.1. The largest absolute Gasteiger partial charge is 0.496 e. The Hall–Kier alpha value is -2.19. The average molecular weight is 522 g/mol. The number of methoxy groups -OCH3 is 1. The van der Waals surface area contributed by atoms with E-state index in [0.29, 0.717) is 31.7 Å². The Labute approximate surface area is 218 Å². The van der Waals surface area contributed by atoms with E-state index in [0.717, 1.165) is 36.1 Å². The fourth-order valence-corrected chi connectivity index (χ4v) is 4.97. The van der Waals surface area contributed by atoms with Crippen molar-refractivity contribution in [3.63, 3.8) is 0 Å². The summed E-state index contributed by atoms with van der Waals surface area (Å²) in [5.41, 5.74) is 2.74. The molecule has 0 bridgehead atoms. The standard InChI is InChI=1S/C28H37ClFNO5/c1-4-35-28(33)13-11-24-23(8-5-9-27(24)34-3)19(2)36-18-22(32)17-31-14-6-7-21(31)15-20-10-12-25(29)26(30)16-20/h5,8-10,12,16,19,21-22,32H,4,6-7,11,13-15,17-18H2,1-3H3/t19-,21+,22+/m1/s1. The number of halogens is 2. The van der Waals surface area contributed by atoms with Crippen LogP contribution in [0.25, 0.3) is 0 Å². The van der Waals surface area contributed by atoms with Gasteiger partial charge in [0.15, 0.2) is 0 Å². The van der Waals surface area contributed by atoms with E-state index in [2.05, 4.69) is 4.90 Å². The molecule has 0 saturated carbocycles. The number of aliphatic hydroxyl groups is 1. The van der Waals surface area contributed by atoms with Crippen molar-refractivity contribution in [1.29, 1.82) is 0 Å². The Morgan fingerprint density at radius 3 is 2.83 bits per heavy atom. The second-order valence-electron chi connectivity index (χ2n) is 9.21. The minimum absolute atomic E-state index is 0.129. The SMILES string of the molecule is CCOC(=O)CCc1c(OC)cccc1[C@@H](C)OC[C@@H](O)CN1CCC[C@H]1Cc1ccc(Cl)c(F)c1. The molecule has 6 nitrogen and oxygen atoms in total. The fourth-order valence-electron chi connectivity index (χ4n) is 4.86. The summed E-state index contributed by atoms with van der Waals surface area (Å²) >= 11 is 5.81. The summed E-state index contributed by atoms with van der Waals surface area (Å²) in [6.07, 6.45) is 2.54. The predicted molar refractivity (Wildman–Crippen MR) is 138 cm³/mol. The Bertz CT molecular complexity index is 1000. The van der Waals surface area contributed by atoms with Gasteiger partial charge in [-0.1, -0.05) is 29.8 Å². The van der Waals surface area contributed by atoms with Crippen molar-refractivity contribution in [3.05, 3.63) is 63.9 Å². The Morgan fingerprint density at radius 2 is 2.11 bits per heavy atom. The number of carbonyl (C=O) groups is 1. The van der Waals surface area contributed by atoms with Gasteiger partial charge in [0.1, 0.15) is 11.6 Å². The number of esters is 1. The molecule has 0 aliphatic carbocycles. The molecule has 1 heterocycles. The maximum absolute atomic E-state index is 13.8. The topological polar surface area (TPSA) is 68.2 Å². The van der Waals surface area contributed by atoms with Crippen molar-refractivity contribution in [2.75, 3.05) is 33.4 Å². The number of rotatable bonds is 13.